The summed E-state index contributed by atoms with van der Waals surface area (Å²) in [6, 6.07) is 8.65. The highest BCUT2D eigenvalue weighted by atomic mass is 16.2. The third-order valence-electron chi connectivity index (χ3n) is 5.31. The molecular formula is C18H27N3O. The Morgan fingerprint density at radius 3 is 2.73 bits per heavy atom. The van der Waals surface area contributed by atoms with Gasteiger partial charge in [-0.2, -0.15) is 0 Å². The lowest BCUT2D eigenvalue weighted by atomic mass is 9.75. The van der Waals surface area contributed by atoms with Crippen molar-refractivity contribution in [1.29, 1.82) is 0 Å². The average molecular weight is 301 g/mol. The van der Waals surface area contributed by atoms with Crippen LogP contribution in [0.25, 0.3) is 0 Å². The molecule has 1 atom stereocenters. The molecule has 1 heterocycles. The molecule has 1 aliphatic carbocycles. The van der Waals surface area contributed by atoms with Gasteiger partial charge in [0.25, 0.3) is 0 Å². The van der Waals surface area contributed by atoms with Crippen molar-refractivity contribution in [3.05, 3.63) is 29.8 Å². The predicted octanol–water partition coefficient (Wildman–Crippen LogP) is 2.52. The van der Waals surface area contributed by atoms with Gasteiger partial charge in [-0.1, -0.05) is 25.1 Å². The first-order chi connectivity index (χ1) is 10.5. The van der Waals surface area contributed by atoms with Crippen molar-refractivity contribution >= 4 is 11.6 Å². The molecule has 3 rings (SSSR count). The van der Waals surface area contributed by atoms with E-state index in [9.17, 15) is 4.79 Å². The Morgan fingerprint density at radius 2 is 2.09 bits per heavy atom. The summed E-state index contributed by atoms with van der Waals surface area (Å²) < 4.78 is 0. The zero-order valence-electron chi connectivity index (χ0n) is 13.7. The lowest BCUT2D eigenvalue weighted by Gasteiger charge is -2.40. The Morgan fingerprint density at radius 1 is 1.36 bits per heavy atom. The number of amides is 1. The van der Waals surface area contributed by atoms with Gasteiger partial charge in [0.05, 0.1) is 0 Å². The maximum atomic E-state index is 12.9. The van der Waals surface area contributed by atoms with E-state index in [2.05, 4.69) is 48.0 Å². The monoisotopic (exact) mass is 301 g/mol. The molecule has 0 aromatic heterocycles. The Balaban J connectivity index is 1.83. The number of benzene rings is 1. The summed E-state index contributed by atoms with van der Waals surface area (Å²) in [6.45, 7) is 3.75. The van der Waals surface area contributed by atoms with E-state index in [4.69, 9.17) is 5.73 Å². The Bertz CT molecular complexity index is 553. The predicted molar refractivity (Wildman–Crippen MR) is 89.7 cm³/mol. The lowest BCUT2D eigenvalue weighted by Crippen LogP contribution is -2.52. The fraction of sp³-hybridized carbons (Fsp3) is 0.611. The van der Waals surface area contributed by atoms with Gasteiger partial charge in [-0.3, -0.25) is 4.79 Å². The number of para-hydroxylation sites is 1. The second kappa shape index (κ2) is 5.92. The molecule has 0 spiro atoms. The third-order valence-corrected chi connectivity index (χ3v) is 5.31. The van der Waals surface area contributed by atoms with Gasteiger partial charge in [-0.05, 0) is 37.3 Å². The maximum absolute atomic E-state index is 12.9. The number of hydrogen-bond acceptors (Lipinski definition) is 3. The zero-order valence-corrected chi connectivity index (χ0v) is 13.7. The molecule has 4 nitrogen and oxygen atoms in total. The van der Waals surface area contributed by atoms with Crippen molar-refractivity contribution in [2.45, 2.75) is 57.2 Å². The van der Waals surface area contributed by atoms with Gasteiger partial charge < -0.3 is 15.5 Å². The highest BCUT2D eigenvalue weighted by molar-refractivity contribution is 5.78. The fourth-order valence-corrected chi connectivity index (χ4v) is 3.69. The van der Waals surface area contributed by atoms with Gasteiger partial charge in [0.1, 0.15) is 0 Å². The second-order valence-electron chi connectivity index (χ2n) is 6.99. The topological polar surface area (TPSA) is 49.6 Å². The van der Waals surface area contributed by atoms with E-state index in [1.54, 1.807) is 0 Å². The molecule has 1 aliphatic heterocycles. The molecular weight excluding hydrogens is 274 g/mol. The summed E-state index contributed by atoms with van der Waals surface area (Å²) in [4.78, 5) is 17.2. The van der Waals surface area contributed by atoms with Crippen molar-refractivity contribution in [1.82, 2.24) is 4.90 Å². The smallest absolute Gasteiger partial charge is 0.225 e. The van der Waals surface area contributed by atoms with E-state index in [0.29, 0.717) is 13.0 Å². The molecule has 2 N–H and O–H groups in total. The van der Waals surface area contributed by atoms with Crippen LogP contribution in [0.15, 0.2) is 24.3 Å². The first-order valence-electron chi connectivity index (χ1n) is 8.40. The molecule has 1 unspecified atom stereocenters. The van der Waals surface area contributed by atoms with Crippen molar-refractivity contribution < 1.29 is 4.79 Å². The fourth-order valence-electron chi connectivity index (χ4n) is 3.69. The van der Waals surface area contributed by atoms with Crippen LogP contribution in [0.5, 0.6) is 0 Å². The summed E-state index contributed by atoms with van der Waals surface area (Å²) in [5, 5.41) is 0. The second-order valence-corrected chi connectivity index (χ2v) is 6.99. The van der Waals surface area contributed by atoms with Crippen LogP contribution in [0.2, 0.25) is 0 Å². The summed E-state index contributed by atoms with van der Waals surface area (Å²) in [5.41, 5.74) is 8.53. The summed E-state index contributed by atoms with van der Waals surface area (Å²) in [7, 11) is 2.12. The third kappa shape index (κ3) is 2.84. The summed E-state index contributed by atoms with van der Waals surface area (Å²) in [5.74, 6) is 0.221. The van der Waals surface area contributed by atoms with Crippen LogP contribution in [-0.4, -0.2) is 36.0 Å². The van der Waals surface area contributed by atoms with E-state index in [1.165, 1.54) is 11.3 Å². The van der Waals surface area contributed by atoms with Crippen molar-refractivity contribution in [2.24, 2.45) is 5.73 Å². The van der Waals surface area contributed by atoms with E-state index in [1.807, 2.05) is 0 Å². The SMILES string of the molecule is CCC1CN(C)c2ccccc2CN1C(=O)CC1(N)CCC1. The summed E-state index contributed by atoms with van der Waals surface area (Å²) >= 11 is 0. The minimum atomic E-state index is -0.243. The van der Waals surface area contributed by atoms with Crippen LogP contribution in [0.3, 0.4) is 0 Å². The quantitative estimate of drug-likeness (QED) is 0.933. The van der Waals surface area contributed by atoms with Crippen molar-refractivity contribution in [2.75, 3.05) is 18.5 Å². The highest BCUT2D eigenvalue weighted by Crippen LogP contribution is 2.34. The molecule has 1 saturated carbocycles. The molecule has 4 heteroatoms. The number of anilines is 1. The molecule has 1 amide bonds. The van der Waals surface area contributed by atoms with E-state index < -0.39 is 0 Å². The number of nitrogens with zero attached hydrogens (tertiary/aromatic N) is 2. The lowest BCUT2D eigenvalue weighted by molar-refractivity contribution is -0.136. The Hall–Kier alpha value is -1.55. The number of rotatable bonds is 3. The number of carbonyl (C=O) groups excluding carboxylic acids is 1. The first kappa shape index (κ1) is 15.3. The van der Waals surface area contributed by atoms with Gasteiger partial charge in [0.2, 0.25) is 5.91 Å². The number of hydrogen-bond donors (Lipinski definition) is 1. The molecule has 22 heavy (non-hydrogen) atoms. The normalized spacial score (nSPS) is 23.5. The molecule has 0 bridgehead atoms. The number of likely N-dealkylation sites (N-methyl/N-ethyl adjacent to an activating group) is 1. The van der Waals surface area contributed by atoms with Gasteiger partial charge >= 0.3 is 0 Å². The van der Waals surface area contributed by atoms with Crippen LogP contribution in [-0.2, 0) is 11.3 Å². The first-order valence-corrected chi connectivity index (χ1v) is 8.40. The largest absolute Gasteiger partial charge is 0.372 e. The minimum Gasteiger partial charge on any atom is -0.372 e. The minimum absolute atomic E-state index is 0.221. The maximum Gasteiger partial charge on any atom is 0.225 e. The number of carbonyl (C=O) groups is 1. The molecule has 2 aliphatic rings. The summed E-state index contributed by atoms with van der Waals surface area (Å²) in [6.07, 6.45) is 4.60. The Labute approximate surface area is 133 Å². The van der Waals surface area contributed by atoms with E-state index >= 15 is 0 Å². The van der Waals surface area contributed by atoms with Gasteiger partial charge in [-0.25, -0.2) is 0 Å². The molecule has 1 aromatic carbocycles. The molecule has 0 saturated heterocycles. The van der Waals surface area contributed by atoms with Crippen molar-refractivity contribution in [3.63, 3.8) is 0 Å². The molecule has 120 valence electrons. The van der Waals surface area contributed by atoms with Crippen molar-refractivity contribution in [3.8, 4) is 0 Å². The average Bonchev–Trinajstić information content (AvgIpc) is 2.62. The van der Waals surface area contributed by atoms with Crippen LogP contribution in [0, 0.1) is 0 Å². The van der Waals surface area contributed by atoms with Gasteiger partial charge in [0.15, 0.2) is 0 Å². The van der Waals surface area contributed by atoms with Crippen LogP contribution < -0.4 is 10.6 Å². The molecule has 0 radical (unpaired) electrons. The molecule has 1 aromatic rings. The van der Waals surface area contributed by atoms with Gasteiger partial charge in [0, 0.05) is 43.8 Å². The van der Waals surface area contributed by atoms with E-state index in [-0.39, 0.29) is 17.5 Å². The van der Waals surface area contributed by atoms with Crippen LogP contribution in [0.1, 0.15) is 44.6 Å². The Kier molecular flexibility index (Phi) is 4.13. The number of nitrogens with two attached hydrogens (primary N) is 1. The van der Waals surface area contributed by atoms with Crippen LogP contribution >= 0.6 is 0 Å². The highest BCUT2D eigenvalue weighted by Gasteiger charge is 2.38. The van der Waals surface area contributed by atoms with Crippen LogP contribution in [0.4, 0.5) is 5.69 Å². The van der Waals surface area contributed by atoms with E-state index in [0.717, 1.165) is 32.2 Å². The molecule has 1 fully saturated rings. The number of fused-ring (bicyclic) bond motifs is 1. The zero-order chi connectivity index (χ0) is 15.7. The standard InChI is InChI=1S/C18H27N3O/c1-3-15-13-20(2)16-8-5-4-7-14(16)12-21(15)17(22)11-18(19)9-6-10-18/h4-5,7-8,15H,3,6,9-13,19H2,1-2H3. The van der Waals surface area contributed by atoms with Gasteiger partial charge in [-0.15, -0.1) is 0 Å².